The zero-order valence-corrected chi connectivity index (χ0v) is 16.8. The molecule has 0 heterocycles. The molecule has 0 bridgehead atoms. The molecule has 0 amide bonds. The van der Waals surface area contributed by atoms with Crippen molar-refractivity contribution in [2.75, 3.05) is 20.8 Å². The molecule has 0 saturated carbocycles. The highest BCUT2D eigenvalue weighted by Crippen LogP contribution is 2.19. The first-order valence-electron chi connectivity index (χ1n) is 9.79. The van der Waals surface area contributed by atoms with Crippen molar-refractivity contribution in [1.29, 1.82) is 0 Å². The Kier molecular flexibility index (Phi) is 7.51. The van der Waals surface area contributed by atoms with Crippen molar-refractivity contribution in [2.24, 2.45) is 0 Å². The smallest absolute Gasteiger partial charge is 0.119 e. The topological polar surface area (TPSA) is 21.7 Å². The molecule has 0 aliphatic heterocycles. The van der Waals surface area contributed by atoms with Crippen LogP contribution in [0, 0.1) is 0 Å². The maximum absolute atomic E-state index is 5.39. The lowest BCUT2D eigenvalue weighted by molar-refractivity contribution is 0.253. The van der Waals surface area contributed by atoms with Crippen molar-refractivity contribution in [2.45, 2.75) is 25.9 Å². The van der Waals surface area contributed by atoms with Crippen molar-refractivity contribution in [3.63, 3.8) is 0 Å². The first kappa shape index (κ1) is 20.0. The normalized spacial score (nSPS) is 10.8. The fourth-order valence-corrected chi connectivity index (χ4v) is 3.42. The van der Waals surface area contributed by atoms with Gasteiger partial charge >= 0.3 is 0 Å². The summed E-state index contributed by atoms with van der Waals surface area (Å²) in [6.07, 6.45) is 2.21. The van der Waals surface area contributed by atoms with E-state index in [1.165, 1.54) is 16.7 Å². The minimum atomic E-state index is 0.892. The highest BCUT2D eigenvalue weighted by atomic mass is 16.5. The van der Waals surface area contributed by atoms with Gasteiger partial charge < -0.3 is 9.47 Å². The van der Waals surface area contributed by atoms with E-state index in [-0.39, 0.29) is 0 Å². The molecule has 0 radical (unpaired) electrons. The van der Waals surface area contributed by atoms with Crippen LogP contribution < -0.4 is 9.47 Å². The Balaban J connectivity index is 1.68. The van der Waals surface area contributed by atoms with E-state index >= 15 is 0 Å². The molecule has 0 aliphatic rings. The molecule has 3 aromatic carbocycles. The van der Waals surface area contributed by atoms with Gasteiger partial charge in [0, 0.05) is 13.1 Å². The summed E-state index contributed by atoms with van der Waals surface area (Å²) in [5.41, 5.74) is 3.93. The molecule has 0 aliphatic carbocycles. The van der Waals surface area contributed by atoms with Gasteiger partial charge in [-0.3, -0.25) is 4.90 Å². The van der Waals surface area contributed by atoms with Gasteiger partial charge in [-0.2, -0.15) is 0 Å². The van der Waals surface area contributed by atoms with Gasteiger partial charge in [0.05, 0.1) is 14.2 Å². The van der Waals surface area contributed by atoms with Crippen LogP contribution in [0.15, 0.2) is 78.9 Å². The molecule has 0 atom stereocenters. The Morgan fingerprint density at radius 3 is 1.71 bits per heavy atom. The van der Waals surface area contributed by atoms with Gasteiger partial charge in [0.15, 0.2) is 0 Å². The van der Waals surface area contributed by atoms with Crippen LogP contribution >= 0.6 is 0 Å². The Hall–Kier alpha value is -2.78. The maximum atomic E-state index is 5.39. The van der Waals surface area contributed by atoms with Crippen LogP contribution in [0.1, 0.15) is 23.1 Å². The van der Waals surface area contributed by atoms with E-state index in [4.69, 9.17) is 9.47 Å². The molecular formula is C25H29NO2. The van der Waals surface area contributed by atoms with Crippen molar-refractivity contribution in [1.82, 2.24) is 4.90 Å². The highest BCUT2D eigenvalue weighted by Gasteiger charge is 2.09. The number of methoxy groups -OCH3 is 2. The molecule has 3 rings (SSSR count). The predicted octanol–water partition coefficient (Wildman–Crippen LogP) is 5.34. The van der Waals surface area contributed by atoms with Crippen LogP contribution in [0.25, 0.3) is 0 Å². The Morgan fingerprint density at radius 2 is 1.18 bits per heavy atom. The first-order chi connectivity index (χ1) is 13.8. The Morgan fingerprint density at radius 1 is 0.643 bits per heavy atom. The fourth-order valence-electron chi connectivity index (χ4n) is 3.42. The number of benzene rings is 3. The van der Waals surface area contributed by atoms with Crippen molar-refractivity contribution >= 4 is 0 Å². The quantitative estimate of drug-likeness (QED) is 0.477. The number of ether oxygens (including phenoxy) is 2. The van der Waals surface area contributed by atoms with E-state index in [9.17, 15) is 0 Å². The number of hydrogen-bond acceptors (Lipinski definition) is 3. The third kappa shape index (κ3) is 6.14. The SMILES string of the molecule is COc1cccc(CN(CCCc2ccccc2)Cc2cccc(OC)c2)c1. The Bertz CT molecular complexity index is 798. The molecule has 3 heteroatoms. The third-order valence-electron chi connectivity index (χ3n) is 4.86. The minimum Gasteiger partial charge on any atom is -0.497 e. The monoisotopic (exact) mass is 375 g/mol. The summed E-state index contributed by atoms with van der Waals surface area (Å²) in [6, 6.07) is 27.4. The van der Waals surface area contributed by atoms with Gasteiger partial charge in [-0.25, -0.2) is 0 Å². The van der Waals surface area contributed by atoms with E-state index < -0.39 is 0 Å². The first-order valence-corrected chi connectivity index (χ1v) is 9.79. The summed E-state index contributed by atoms with van der Waals surface area (Å²) in [5.74, 6) is 1.81. The molecular weight excluding hydrogens is 346 g/mol. The molecule has 3 aromatic rings. The van der Waals surface area contributed by atoms with Gasteiger partial charge in [-0.1, -0.05) is 54.6 Å². The summed E-state index contributed by atoms with van der Waals surface area (Å²) in [7, 11) is 3.43. The standard InChI is InChI=1S/C25H29NO2/c1-27-24-14-6-11-22(17-24)19-26(16-8-13-21-9-4-3-5-10-21)20-23-12-7-15-25(18-23)28-2/h3-7,9-12,14-15,17-18H,8,13,16,19-20H2,1-2H3. The summed E-state index contributed by atoms with van der Waals surface area (Å²) >= 11 is 0. The van der Waals surface area contributed by atoms with Gasteiger partial charge in [0.2, 0.25) is 0 Å². The average molecular weight is 376 g/mol. The zero-order valence-electron chi connectivity index (χ0n) is 16.8. The second kappa shape index (κ2) is 10.5. The molecule has 3 nitrogen and oxygen atoms in total. The van der Waals surface area contributed by atoms with Crippen molar-refractivity contribution < 1.29 is 9.47 Å². The fraction of sp³-hybridized carbons (Fsp3) is 0.280. The second-order valence-corrected chi connectivity index (χ2v) is 7.00. The number of nitrogens with zero attached hydrogens (tertiary/aromatic N) is 1. The molecule has 0 saturated heterocycles. The predicted molar refractivity (Wildman–Crippen MR) is 115 cm³/mol. The van der Waals surface area contributed by atoms with E-state index in [0.717, 1.165) is 44.0 Å². The lowest BCUT2D eigenvalue weighted by atomic mass is 10.1. The molecule has 0 unspecified atom stereocenters. The lowest BCUT2D eigenvalue weighted by Gasteiger charge is -2.23. The van der Waals surface area contributed by atoms with E-state index in [1.807, 2.05) is 12.1 Å². The number of rotatable bonds is 10. The van der Waals surface area contributed by atoms with Gasteiger partial charge in [0.25, 0.3) is 0 Å². The number of hydrogen-bond donors (Lipinski definition) is 0. The van der Waals surface area contributed by atoms with Crippen LogP contribution in [0.5, 0.6) is 11.5 Å². The lowest BCUT2D eigenvalue weighted by Crippen LogP contribution is -2.24. The molecule has 0 N–H and O–H groups in total. The molecule has 0 aromatic heterocycles. The number of aryl methyl sites for hydroxylation is 1. The van der Waals surface area contributed by atoms with E-state index in [0.29, 0.717) is 0 Å². The van der Waals surface area contributed by atoms with Crippen molar-refractivity contribution in [3.05, 3.63) is 95.6 Å². The average Bonchev–Trinajstić information content (AvgIpc) is 2.74. The minimum absolute atomic E-state index is 0.892. The summed E-state index contributed by atoms with van der Waals surface area (Å²) in [5, 5.41) is 0. The van der Waals surface area contributed by atoms with Crippen LogP contribution in [0.4, 0.5) is 0 Å². The third-order valence-corrected chi connectivity index (χ3v) is 4.86. The van der Waals surface area contributed by atoms with Crippen LogP contribution in [-0.2, 0) is 19.5 Å². The zero-order chi connectivity index (χ0) is 19.6. The van der Waals surface area contributed by atoms with Crippen LogP contribution in [0.2, 0.25) is 0 Å². The van der Waals surface area contributed by atoms with Crippen molar-refractivity contribution in [3.8, 4) is 11.5 Å². The second-order valence-electron chi connectivity index (χ2n) is 7.00. The van der Waals surface area contributed by atoms with Gasteiger partial charge in [-0.05, 0) is 60.3 Å². The summed E-state index contributed by atoms with van der Waals surface area (Å²) in [6.45, 7) is 2.82. The largest absolute Gasteiger partial charge is 0.497 e. The van der Waals surface area contributed by atoms with Crippen LogP contribution in [0.3, 0.4) is 0 Å². The maximum Gasteiger partial charge on any atom is 0.119 e. The Labute approximate surface area is 168 Å². The van der Waals surface area contributed by atoms with Crippen LogP contribution in [-0.4, -0.2) is 25.7 Å². The summed E-state index contributed by atoms with van der Waals surface area (Å²) in [4.78, 5) is 2.49. The van der Waals surface area contributed by atoms with Gasteiger partial charge in [-0.15, -0.1) is 0 Å². The molecule has 28 heavy (non-hydrogen) atoms. The summed E-state index contributed by atoms with van der Waals surface area (Å²) < 4.78 is 10.8. The molecule has 146 valence electrons. The van der Waals surface area contributed by atoms with E-state index in [2.05, 4.69) is 71.6 Å². The van der Waals surface area contributed by atoms with E-state index in [1.54, 1.807) is 14.2 Å². The van der Waals surface area contributed by atoms with Gasteiger partial charge in [0.1, 0.15) is 11.5 Å². The highest BCUT2D eigenvalue weighted by molar-refractivity contribution is 5.30. The molecule has 0 spiro atoms. The molecule has 0 fully saturated rings.